The number of carbonyl (C=O) groups is 1. The third-order valence-electron chi connectivity index (χ3n) is 13.0. The maximum Gasteiger partial charge on any atom is 0.220 e. The summed E-state index contributed by atoms with van der Waals surface area (Å²) < 4.78 is 22.7. The highest BCUT2D eigenvalue weighted by atomic mass is 16.7. The van der Waals surface area contributed by atoms with Crippen LogP contribution in [0.25, 0.3) is 0 Å². The van der Waals surface area contributed by atoms with Crippen LogP contribution in [0.15, 0.2) is 109 Å². The van der Waals surface area contributed by atoms with Crippen molar-refractivity contribution in [3.63, 3.8) is 0 Å². The maximum absolute atomic E-state index is 13.2. The van der Waals surface area contributed by atoms with E-state index in [-0.39, 0.29) is 18.9 Å². The molecule has 2 fully saturated rings. The molecule has 74 heavy (non-hydrogen) atoms. The van der Waals surface area contributed by atoms with Crippen LogP contribution in [-0.4, -0.2) is 140 Å². The van der Waals surface area contributed by atoms with E-state index in [0.29, 0.717) is 12.8 Å². The molecule has 0 aromatic heterocycles. The molecule has 9 N–H and O–H groups in total. The first-order chi connectivity index (χ1) is 36.1. The number of ether oxygens (including phenoxy) is 4. The van der Waals surface area contributed by atoms with Gasteiger partial charge < -0.3 is 65.1 Å². The molecule has 422 valence electrons. The van der Waals surface area contributed by atoms with Gasteiger partial charge in [-0.3, -0.25) is 4.79 Å². The van der Waals surface area contributed by atoms with Crippen LogP contribution in [0, 0.1) is 0 Å². The number of hydrogen-bond donors (Lipinski definition) is 9. The number of unbranched alkanes of at least 4 members (excludes halogenated alkanes) is 11. The number of aliphatic hydroxyl groups is 8. The van der Waals surface area contributed by atoms with E-state index in [2.05, 4.69) is 129 Å². The Hall–Kier alpha value is -3.35. The van der Waals surface area contributed by atoms with Crippen molar-refractivity contribution in [1.82, 2.24) is 5.32 Å². The number of aliphatic hydroxyl groups excluding tert-OH is 8. The highest BCUT2D eigenvalue weighted by Crippen LogP contribution is 2.30. The second kappa shape index (κ2) is 44.7. The summed E-state index contributed by atoms with van der Waals surface area (Å²) in [5.74, 6) is -0.236. The van der Waals surface area contributed by atoms with E-state index in [1.165, 1.54) is 12.8 Å². The lowest BCUT2D eigenvalue weighted by molar-refractivity contribution is -0.359. The average molecular weight is 1040 g/mol. The average Bonchev–Trinajstić information content (AvgIpc) is 3.40. The second-order valence-electron chi connectivity index (χ2n) is 19.3. The molecule has 0 radical (unpaired) electrons. The molecule has 12 unspecified atom stereocenters. The van der Waals surface area contributed by atoms with Gasteiger partial charge >= 0.3 is 0 Å². The van der Waals surface area contributed by atoms with Crippen molar-refractivity contribution >= 4 is 5.91 Å². The van der Waals surface area contributed by atoms with E-state index in [9.17, 15) is 45.6 Å². The van der Waals surface area contributed by atoms with Crippen LogP contribution >= 0.6 is 0 Å². The molecular formula is C60H99NO13. The molecule has 2 saturated heterocycles. The highest BCUT2D eigenvalue weighted by Gasteiger charge is 2.51. The fraction of sp³-hybridized carbons (Fsp3) is 0.683. The number of rotatable bonds is 42. The summed E-state index contributed by atoms with van der Waals surface area (Å²) in [5.41, 5.74) is 0. The minimum atomic E-state index is -1.79. The normalized spacial score (nSPS) is 26.1. The molecule has 2 heterocycles. The van der Waals surface area contributed by atoms with Gasteiger partial charge in [-0.25, -0.2) is 0 Å². The molecule has 0 bridgehead atoms. The van der Waals surface area contributed by atoms with Gasteiger partial charge in [0.1, 0.15) is 48.8 Å². The van der Waals surface area contributed by atoms with E-state index in [4.69, 9.17) is 18.9 Å². The minimum Gasteiger partial charge on any atom is -0.394 e. The van der Waals surface area contributed by atoms with E-state index in [1.807, 2.05) is 0 Å². The van der Waals surface area contributed by atoms with Crippen LogP contribution in [0.1, 0.15) is 168 Å². The van der Waals surface area contributed by atoms with Crippen molar-refractivity contribution in [2.45, 2.75) is 242 Å². The van der Waals surface area contributed by atoms with Gasteiger partial charge in [-0.05, 0) is 83.5 Å². The Bertz CT molecular complexity index is 1650. The first-order valence-electron chi connectivity index (χ1n) is 28.1. The topological polar surface area (TPSA) is 228 Å². The zero-order chi connectivity index (χ0) is 53.9. The van der Waals surface area contributed by atoms with E-state index in [1.54, 1.807) is 0 Å². The zero-order valence-corrected chi connectivity index (χ0v) is 45.0. The molecule has 2 aliphatic rings. The van der Waals surface area contributed by atoms with Gasteiger partial charge in [-0.1, -0.05) is 187 Å². The fourth-order valence-corrected chi connectivity index (χ4v) is 8.46. The van der Waals surface area contributed by atoms with Gasteiger partial charge in [-0.15, -0.1) is 0 Å². The molecule has 0 saturated carbocycles. The summed E-state index contributed by atoms with van der Waals surface area (Å²) in [6.07, 6.45) is 45.6. The Balaban J connectivity index is 1.65. The third-order valence-corrected chi connectivity index (χ3v) is 13.0. The zero-order valence-electron chi connectivity index (χ0n) is 45.0. The lowest BCUT2D eigenvalue weighted by Crippen LogP contribution is -2.65. The first kappa shape index (κ1) is 66.8. The van der Waals surface area contributed by atoms with Crippen molar-refractivity contribution in [1.29, 1.82) is 0 Å². The minimum absolute atomic E-state index is 0.236. The monoisotopic (exact) mass is 1040 g/mol. The second-order valence-corrected chi connectivity index (χ2v) is 19.3. The molecule has 14 heteroatoms. The Morgan fingerprint density at radius 1 is 0.500 bits per heavy atom. The van der Waals surface area contributed by atoms with E-state index >= 15 is 0 Å². The largest absolute Gasteiger partial charge is 0.394 e. The molecule has 14 nitrogen and oxygen atoms in total. The van der Waals surface area contributed by atoms with Crippen molar-refractivity contribution in [2.24, 2.45) is 0 Å². The molecule has 2 aliphatic heterocycles. The van der Waals surface area contributed by atoms with Crippen molar-refractivity contribution < 1.29 is 64.6 Å². The summed E-state index contributed by atoms with van der Waals surface area (Å²) >= 11 is 0. The van der Waals surface area contributed by atoms with Crippen LogP contribution in [0.5, 0.6) is 0 Å². The molecule has 2 rings (SSSR count). The SMILES string of the molecule is CC/C=C\C/C=C\C/C=C\C/C=C\C/C=C\C/C=C\C/C=C\C/C=C\C/C=C\CCCCCCCC(=O)NC(COC1OC(CO)C(OC2OC(CO)C(O)C(O)C2O)C(O)C1O)C(O)CCCCCCCCC. The van der Waals surface area contributed by atoms with Gasteiger partial charge in [0.25, 0.3) is 0 Å². The molecule has 0 aliphatic carbocycles. The Kier molecular flexibility index (Phi) is 40.4. The van der Waals surface area contributed by atoms with Gasteiger partial charge in [-0.2, -0.15) is 0 Å². The smallest absolute Gasteiger partial charge is 0.220 e. The third kappa shape index (κ3) is 30.4. The predicted octanol–water partition coefficient (Wildman–Crippen LogP) is 8.88. The van der Waals surface area contributed by atoms with Gasteiger partial charge in [0.05, 0.1) is 32.0 Å². The highest BCUT2D eigenvalue weighted by molar-refractivity contribution is 5.76. The predicted molar refractivity (Wildman–Crippen MR) is 295 cm³/mol. The lowest BCUT2D eigenvalue weighted by atomic mass is 9.97. The number of hydrogen-bond acceptors (Lipinski definition) is 13. The molecule has 0 aromatic rings. The summed E-state index contributed by atoms with van der Waals surface area (Å²) in [6.45, 7) is 2.64. The molecule has 0 aromatic carbocycles. The molecular weight excluding hydrogens is 943 g/mol. The number of carbonyl (C=O) groups excluding carboxylic acids is 1. The van der Waals surface area contributed by atoms with Crippen LogP contribution < -0.4 is 5.32 Å². The van der Waals surface area contributed by atoms with Crippen LogP contribution in [-0.2, 0) is 23.7 Å². The summed E-state index contributed by atoms with van der Waals surface area (Å²) in [7, 11) is 0. The standard InChI is InChI=1S/C60H99NO13/c1-3-5-7-9-11-12-13-14-15-16-17-18-19-20-21-22-23-24-25-26-27-28-29-30-31-32-33-34-35-36-38-40-42-44-52(65)61-48(49(64)43-41-39-37-10-8-6-4-2)47-71-59-57(70)55(68)58(51(46-63)73-59)74-60-56(69)54(67)53(66)50(45-62)72-60/h5,7,11-12,14-15,17-18,20-21,23-24,26-27,29-30,32-33,48-51,53-60,62-64,66-70H,3-4,6,8-10,13,16,19,22,25,28,31,34-47H2,1-2H3,(H,61,65)/b7-5-,12-11-,15-14-,18-17-,21-20-,24-23-,27-26-,30-29-,33-32-. The molecule has 1 amide bonds. The van der Waals surface area contributed by atoms with Gasteiger partial charge in [0.15, 0.2) is 12.6 Å². The first-order valence-corrected chi connectivity index (χ1v) is 28.1. The van der Waals surface area contributed by atoms with Crippen LogP contribution in [0.2, 0.25) is 0 Å². The van der Waals surface area contributed by atoms with Gasteiger partial charge in [0.2, 0.25) is 5.91 Å². The van der Waals surface area contributed by atoms with Crippen molar-refractivity contribution in [3.8, 4) is 0 Å². The number of nitrogens with one attached hydrogen (secondary N) is 1. The maximum atomic E-state index is 13.2. The Morgan fingerprint density at radius 2 is 0.932 bits per heavy atom. The Morgan fingerprint density at radius 3 is 1.43 bits per heavy atom. The number of allylic oxidation sites excluding steroid dienone is 18. The molecule has 0 spiro atoms. The molecule has 12 atom stereocenters. The van der Waals surface area contributed by atoms with Gasteiger partial charge in [0, 0.05) is 6.42 Å². The summed E-state index contributed by atoms with van der Waals surface area (Å²) in [4.78, 5) is 13.2. The van der Waals surface area contributed by atoms with Crippen molar-refractivity contribution in [2.75, 3.05) is 19.8 Å². The van der Waals surface area contributed by atoms with Crippen molar-refractivity contribution in [3.05, 3.63) is 109 Å². The van der Waals surface area contributed by atoms with Crippen LogP contribution in [0.3, 0.4) is 0 Å². The summed E-state index contributed by atoms with van der Waals surface area (Å²) in [6, 6.07) is -0.844. The summed E-state index contributed by atoms with van der Waals surface area (Å²) in [5, 5.41) is 86.7. The van der Waals surface area contributed by atoms with Crippen LogP contribution in [0.4, 0.5) is 0 Å². The Labute approximate surface area is 445 Å². The quantitative estimate of drug-likeness (QED) is 0.0206. The van der Waals surface area contributed by atoms with E-state index in [0.717, 1.165) is 122 Å². The fourth-order valence-electron chi connectivity index (χ4n) is 8.46. The van der Waals surface area contributed by atoms with E-state index < -0.39 is 86.8 Å². The lowest BCUT2D eigenvalue weighted by Gasteiger charge is -2.46. The number of amides is 1.